The Kier molecular flexibility index (Phi) is 29.0. The van der Waals surface area contributed by atoms with Crippen molar-refractivity contribution in [3.8, 4) is 0 Å². The minimum Gasteiger partial charge on any atom is -0.469 e. The second-order valence-electron chi connectivity index (χ2n) is 14.1. The lowest BCUT2D eigenvalue weighted by molar-refractivity contribution is -0.192. The lowest BCUT2D eigenvalue weighted by Crippen LogP contribution is -2.31. The lowest BCUT2D eigenvalue weighted by atomic mass is 9.91. The Morgan fingerprint density at radius 2 is 1.00 bits per heavy atom. The molecule has 0 aliphatic rings. The van der Waals surface area contributed by atoms with Gasteiger partial charge in [0.25, 0.3) is 0 Å². The Morgan fingerprint density at radius 3 is 1.31 bits per heavy atom. The summed E-state index contributed by atoms with van der Waals surface area (Å²) in [6.07, 6.45) is -1.66. The third-order valence-electron chi connectivity index (χ3n) is 8.02. The molecule has 0 saturated heterocycles. The van der Waals surface area contributed by atoms with Gasteiger partial charge in [-0.3, -0.25) is 24.0 Å². The van der Waals surface area contributed by atoms with Gasteiger partial charge in [0.1, 0.15) is 13.2 Å². The van der Waals surface area contributed by atoms with E-state index in [-0.39, 0.29) is 49.7 Å². The summed E-state index contributed by atoms with van der Waals surface area (Å²) in [5.74, 6) is -1.46. The smallest absolute Gasteiger partial charge is 0.433 e. The Morgan fingerprint density at radius 1 is 0.635 bits per heavy atom. The average Bonchev–Trinajstić information content (AvgIpc) is 3.09. The number of nitrogens with zero attached hydrogens (tertiary/aromatic N) is 1. The number of hydrogen-bond donors (Lipinski definition) is 2. The van der Waals surface area contributed by atoms with Crippen molar-refractivity contribution in [2.24, 2.45) is 26.8 Å². The highest BCUT2D eigenvalue weighted by Gasteiger charge is 2.34. The van der Waals surface area contributed by atoms with E-state index in [1.54, 1.807) is 27.7 Å². The number of rotatable bonds is 16. The van der Waals surface area contributed by atoms with Crippen LogP contribution >= 0.6 is 0 Å². The first-order chi connectivity index (χ1) is 23.6. The van der Waals surface area contributed by atoms with Crippen molar-refractivity contribution in [3.05, 3.63) is 0 Å². The number of carbonyl (C=O) groups is 5. The van der Waals surface area contributed by atoms with Crippen LogP contribution in [0.25, 0.3) is 0 Å². The van der Waals surface area contributed by atoms with Gasteiger partial charge in [-0.15, -0.1) is 0 Å². The molecule has 0 spiro atoms. The number of oxime groups is 1. The van der Waals surface area contributed by atoms with Gasteiger partial charge in [-0.05, 0) is 94.4 Å². The van der Waals surface area contributed by atoms with Crippen molar-refractivity contribution in [1.82, 2.24) is 5.32 Å². The predicted octanol–water partition coefficient (Wildman–Crippen LogP) is 7.56. The van der Waals surface area contributed by atoms with Gasteiger partial charge < -0.3 is 29.4 Å². The molecule has 0 heterocycles. The summed E-state index contributed by atoms with van der Waals surface area (Å²) in [4.78, 5) is 60.4. The quantitative estimate of drug-likeness (QED) is 0.0397. The monoisotopic (exact) mass is 760 g/mol. The van der Waals surface area contributed by atoms with Gasteiger partial charge in [-0.2, -0.15) is 13.2 Å². The van der Waals surface area contributed by atoms with E-state index in [9.17, 15) is 37.1 Å². The molecule has 0 atom stereocenters. The van der Waals surface area contributed by atoms with Gasteiger partial charge >= 0.3 is 36.1 Å². The summed E-state index contributed by atoms with van der Waals surface area (Å²) in [6.45, 7) is 24.2. The molecular weight excluding hydrogens is 693 g/mol. The van der Waals surface area contributed by atoms with Crippen LogP contribution in [0.2, 0.25) is 0 Å². The summed E-state index contributed by atoms with van der Waals surface area (Å²) >= 11 is 0. The Bertz CT molecular complexity index is 1090. The molecule has 0 radical (unpaired) electrons. The van der Waals surface area contributed by atoms with Crippen LogP contribution in [0.3, 0.4) is 0 Å². The number of carbonyl (C=O) groups excluding carboxylic acids is 5. The molecule has 16 heteroatoms. The van der Waals surface area contributed by atoms with Gasteiger partial charge in [0, 0.05) is 0 Å². The second kappa shape index (κ2) is 27.2. The molecule has 52 heavy (non-hydrogen) atoms. The van der Waals surface area contributed by atoms with Crippen LogP contribution in [0.15, 0.2) is 5.16 Å². The fraction of sp³-hybridized carbons (Fsp3) is 0.833. The van der Waals surface area contributed by atoms with Gasteiger partial charge in [0.05, 0.1) is 47.6 Å². The molecule has 0 aromatic heterocycles. The first-order valence-corrected chi connectivity index (χ1v) is 17.4. The highest BCUT2D eigenvalue weighted by molar-refractivity contribution is 5.82. The SMILES string of the molecule is CC/C(C)=N\OC(=O)NCCOC(=O)C(C)(C)CC.CCC(C)(C)C(=O)OC.CCC(C)(C)C(=O)OCC(F)(F)F.CCC(C)(C)C(=O)OCCO. The molecule has 0 aromatic rings. The van der Waals surface area contributed by atoms with E-state index in [2.05, 4.69) is 24.8 Å². The van der Waals surface area contributed by atoms with Crippen molar-refractivity contribution in [3.63, 3.8) is 0 Å². The van der Waals surface area contributed by atoms with Crippen LogP contribution in [0.4, 0.5) is 18.0 Å². The number of alkyl halides is 3. The molecule has 308 valence electrons. The first kappa shape index (κ1) is 55.3. The minimum atomic E-state index is -4.44. The van der Waals surface area contributed by atoms with E-state index in [1.807, 2.05) is 69.2 Å². The van der Waals surface area contributed by atoms with Crippen molar-refractivity contribution in [2.75, 3.05) is 40.1 Å². The number of esters is 4. The number of amides is 1. The molecule has 0 aromatic carbocycles. The van der Waals surface area contributed by atoms with Crippen LogP contribution in [-0.4, -0.2) is 87.0 Å². The fourth-order valence-corrected chi connectivity index (χ4v) is 2.24. The van der Waals surface area contributed by atoms with Crippen LogP contribution in [0, 0.1) is 21.7 Å². The van der Waals surface area contributed by atoms with Crippen molar-refractivity contribution in [1.29, 1.82) is 0 Å². The van der Waals surface area contributed by atoms with Crippen LogP contribution < -0.4 is 5.32 Å². The number of hydrogen-bond acceptors (Lipinski definition) is 12. The van der Waals surface area contributed by atoms with Gasteiger partial charge in [0.15, 0.2) is 6.61 Å². The third-order valence-corrected chi connectivity index (χ3v) is 8.02. The van der Waals surface area contributed by atoms with Crippen LogP contribution in [-0.2, 0) is 43.0 Å². The molecule has 0 fully saturated rings. The molecule has 0 unspecified atom stereocenters. The van der Waals surface area contributed by atoms with E-state index in [0.29, 0.717) is 12.8 Å². The summed E-state index contributed by atoms with van der Waals surface area (Å²) in [5, 5.41) is 14.4. The standard InChI is InChI=1S/C13H24N2O4.C8H13F3O2.C8H16O3.C7H14O2/c1-6-10(3)15-19-12(17)14-8-9-18-11(16)13(4,5)7-2;1-4-7(2,3)6(12)13-5-8(9,10)11;1-4-8(2,3)7(10)11-6-5-9;1-5-7(2,3)6(8)9-4/h6-9H2,1-5H3,(H,14,17);4-5H2,1-3H3;9H,4-6H2,1-3H3;5H2,1-4H3/b15-10-;;;. The zero-order valence-corrected chi connectivity index (χ0v) is 34.2. The maximum atomic E-state index is 11.6. The van der Waals surface area contributed by atoms with Crippen molar-refractivity contribution in [2.45, 2.75) is 135 Å². The molecule has 0 aliphatic carbocycles. The molecular formula is C36H67F3N2O11. The predicted molar refractivity (Wildman–Crippen MR) is 192 cm³/mol. The molecule has 1 amide bonds. The first-order valence-electron chi connectivity index (χ1n) is 17.4. The topological polar surface area (TPSA) is 176 Å². The molecule has 0 bridgehead atoms. The van der Waals surface area contributed by atoms with E-state index >= 15 is 0 Å². The average molecular weight is 761 g/mol. The second-order valence-corrected chi connectivity index (χ2v) is 14.1. The van der Waals surface area contributed by atoms with E-state index in [1.165, 1.54) is 7.11 Å². The maximum absolute atomic E-state index is 11.6. The molecule has 0 saturated carbocycles. The lowest BCUT2D eigenvalue weighted by Gasteiger charge is -2.20. The van der Waals surface area contributed by atoms with Gasteiger partial charge in [-0.1, -0.05) is 39.8 Å². The Hall–Kier alpha value is -3.43. The highest BCUT2D eigenvalue weighted by atomic mass is 19.4. The summed E-state index contributed by atoms with van der Waals surface area (Å²) in [7, 11) is 1.42. The van der Waals surface area contributed by atoms with E-state index in [4.69, 9.17) is 14.6 Å². The summed E-state index contributed by atoms with van der Waals surface area (Å²) in [5.41, 5.74) is -1.34. The van der Waals surface area contributed by atoms with E-state index in [0.717, 1.165) is 25.0 Å². The molecule has 2 N–H and O–H groups in total. The van der Waals surface area contributed by atoms with Crippen LogP contribution in [0.5, 0.6) is 0 Å². The fourth-order valence-electron chi connectivity index (χ4n) is 2.24. The molecule has 0 rings (SSSR count). The largest absolute Gasteiger partial charge is 0.469 e. The summed E-state index contributed by atoms with van der Waals surface area (Å²) in [6, 6.07) is 0. The minimum absolute atomic E-state index is 0.0995. The number of nitrogens with one attached hydrogen (secondary N) is 1. The zero-order valence-electron chi connectivity index (χ0n) is 34.2. The summed E-state index contributed by atoms with van der Waals surface area (Å²) < 4.78 is 53.4. The maximum Gasteiger partial charge on any atom is 0.433 e. The number of ether oxygens (including phenoxy) is 4. The highest BCUT2D eigenvalue weighted by Crippen LogP contribution is 2.24. The number of aliphatic hydroxyl groups is 1. The van der Waals surface area contributed by atoms with Crippen LogP contribution in [0.1, 0.15) is 129 Å². The van der Waals surface area contributed by atoms with E-state index < -0.39 is 41.1 Å². The van der Waals surface area contributed by atoms with Gasteiger partial charge in [0.2, 0.25) is 0 Å². The number of aliphatic hydroxyl groups excluding tert-OH is 1. The zero-order chi connectivity index (χ0) is 42.0. The van der Waals surface area contributed by atoms with Crippen molar-refractivity contribution < 1.29 is 66.0 Å². The third kappa shape index (κ3) is 28.2. The normalized spacial score (nSPS) is 11.9. The molecule has 13 nitrogen and oxygen atoms in total. The van der Waals surface area contributed by atoms with Gasteiger partial charge in [-0.25, -0.2) is 4.79 Å². The number of halogens is 3. The Labute approximate surface area is 309 Å². The van der Waals surface area contributed by atoms with Crippen molar-refractivity contribution >= 4 is 35.7 Å². The molecule has 0 aliphatic heterocycles. The number of methoxy groups -OCH3 is 1. The Balaban J connectivity index is -0.000000308.